The summed E-state index contributed by atoms with van der Waals surface area (Å²) in [5.41, 5.74) is 2.51. The lowest BCUT2D eigenvalue weighted by atomic mass is 9.97. The Morgan fingerprint density at radius 1 is 1.56 bits per heavy atom. The Hall–Kier alpha value is -2.04. The Morgan fingerprint density at radius 3 is 3.00 bits per heavy atom. The molecule has 1 aromatic rings. The van der Waals surface area contributed by atoms with Crippen molar-refractivity contribution in [3.8, 4) is 0 Å². The van der Waals surface area contributed by atoms with Gasteiger partial charge in [0.2, 0.25) is 5.96 Å². The number of benzene rings is 1. The van der Waals surface area contributed by atoms with Crippen LogP contribution in [0.3, 0.4) is 0 Å². The average molecular weight is 247 g/mol. The van der Waals surface area contributed by atoms with E-state index in [-0.39, 0.29) is 0 Å². The fraction of sp³-hybridized carbons (Fsp3) is 0.385. The summed E-state index contributed by atoms with van der Waals surface area (Å²) in [5.74, 6) is 0.818. The SMILES string of the molecule is COC(=O)NC1=NCC(c2cccc(C)c2)CN1. The molecule has 2 N–H and O–H groups in total. The zero-order valence-corrected chi connectivity index (χ0v) is 10.6. The van der Waals surface area contributed by atoms with Crippen LogP contribution in [0.1, 0.15) is 17.0 Å². The number of nitrogens with one attached hydrogen (secondary N) is 2. The molecule has 1 aromatic carbocycles. The molecule has 1 aliphatic rings. The molecule has 5 nitrogen and oxygen atoms in total. The van der Waals surface area contributed by atoms with Gasteiger partial charge in [0, 0.05) is 12.5 Å². The molecule has 5 heteroatoms. The molecule has 0 saturated carbocycles. The average Bonchev–Trinajstić information content (AvgIpc) is 2.39. The van der Waals surface area contributed by atoms with Gasteiger partial charge >= 0.3 is 6.09 Å². The van der Waals surface area contributed by atoms with Crippen molar-refractivity contribution in [3.63, 3.8) is 0 Å². The van der Waals surface area contributed by atoms with Crippen molar-refractivity contribution in [2.24, 2.45) is 4.99 Å². The van der Waals surface area contributed by atoms with Crippen LogP contribution in [0.2, 0.25) is 0 Å². The van der Waals surface area contributed by atoms with Crippen LogP contribution in [0, 0.1) is 6.92 Å². The number of aryl methyl sites for hydroxylation is 1. The largest absolute Gasteiger partial charge is 0.453 e. The van der Waals surface area contributed by atoms with E-state index in [1.54, 1.807) is 0 Å². The monoisotopic (exact) mass is 247 g/mol. The summed E-state index contributed by atoms with van der Waals surface area (Å²) < 4.78 is 4.51. The first-order chi connectivity index (χ1) is 8.69. The van der Waals surface area contributed by atoms with Crippen LogP contribution in [-0.4, -0.2) is 32.3 Å². The highest BCUT2D eigenvalue weighted by Crippen LogP contribution is 2.18. The maximum Gasteiger partial charge on any atom is 0.413 e. The van der Waals surface area contributed by atoms with Crippen LogP contribution in [0.5, 0.6) is 0 Å². The van der Waals surface area contributed by atoms with Gasteiger partial charge in [-0.2, -0.15) is 0 Å². The number of carbonyl (C=O) groups is 1. The summed E-state index contributed by atoms with van der Waals surface area (Å²) in [6.45, 7) is 3.50. The van der Waals surface area contributed by atoms with Crippen molar-refractivity contribution in [3.05, 3.63) is 35.4 Å². The summed E-state index contributed by atoms with van der Waals surface area (Å²) >= 11 is 0. The fourth-order valence-corrected chi connectivity index (χ4v) is 1.92. The Kier molecular flexibility index (Phi) is 3.82. The molecule has 0 aliphatic carbocycles. The highest BCUT2D eigenvalue weighted by atomic mass is 16.5. The zero-order valence-electron chi connectivity index (χ0n) is 10.6. The standard InChI is InChI=1S/C13H17N3O2/c1-9-4-3-5-10(6-9)11-7-14-12(15-8-11)16-13(17)18-2/h3-6,11H,7-8H2,1-2H3,(H2,14,15,16,17). The summed E-state index contributed by atoms with van der Waals surface area (Å²) in [6.07, 6.45) is -0.504. The van der Waals surface area contributed by atoms with Crippen LogP contribution in [0.25, 0.3) is 0 Å². The van der Waals surface area contributed by atoms with E-state index in [2.05, 4.69) is 51.6 Å². The molecule has 0 spiro atoms. The third-order valence-electron chi connectivity index (χ3n) is 2.91. The molecule has 18 heavy (non-hydrogen) atoms. The summed E-state index contributed by atoms with van der Waals surface area (Å²) in [4.78, 5) is 15.3. The summed E-state index contributed by atoms with van der Waals surface area (Å²) in [5, 5.41) is 5.62. The van der Waals surface area contributed by atoms with Crippen molar-refractivity contribution < 1.29 is 9.53 Å². The van der Waals surface area contributed by atoms with Gasteiger partial charge < -0.3 is 10.1 Å². The Morgan fingerprint density at radius 2 is 2.39 bits per heavy atom. The first-order valence-electron chi connectivity index (χ1n) is 5.89. The molecule has 1 atom stereocenters. The highest BCUT2D eigenvalue weighted by molar-refractivity contribution is 5.94. The minimum atomic E-state index is -0.504. The van der Waals surface area contributed by atoms with Crippen molar-refractivity contribution in [2.75, 3.05) is 20.2 Å². The third kappa shape index (κ3) is 3.00. The van der Waals surface area contributed by atoms with Crippen LogP contribution in [0.15, 0.2) is 29.3 Å². The topological polar surface area (TPSA) is 62.7 Å². The quantitative estimate of drug-likeness (QED) is 0.788. The number of alkyl carbamates (subject to hydrolysis) is 1. The number of carbonyl (C=O) groups excluding carboxylic acids is 1. The van der Waals surface area contributed by atoms with E-state index in [9.17, 15) is 4.79 Å². The van der Waals surface area contributed by atoms with E-state index in [0.29, 0.717) is 18.4 Å². The number of hydrogen-bond donors (Lipinski definition) is 2. The lowest BCUT2D eigenvalue weighted by Gasteiger charge is -2.23. The molecular formula is C13H17N3O2. The smallest absolute Gasteiger partial charge is 0.413 e. The molecule has 1 unspecified atom stereocenters. The number of guanidine groups is 1. The number of amides is 1. The molecule has 0 aromatic heterocycles. The minimum Gasteiger partial charge on any atom is -0.453 e. The molecule has 0 fully saturated rings. The van der Waals surface area contributed by atoms with Gasteiger partial charge in [-0.25, -0.2) is 4.79 Å². The Labute approximate surface area is 106 Å². The number of ether oxygens (including phenoxy) is 1. The summed E-state index contributed by atoms with van der Waals surface area (Å²) in [7, 11) is 1.33. The normalized spacial score (nSPS) is 18.6. The van der Waals surface area contributed by atoms with Crippen LogP contribution < -0.4 is 10.6 Å². The van der Waals surface area contributed by atoms with Gasteiger partial charge in [-0.3, -0.25) is 10.3 Å². The molecular weight excluding hydrogens is 230 g/mol. The number of aliphatic imine (C=N–C) groups is 1. The van der Waals surface area contributed by atoms with Gasteiger partial charge in [0.1, 0.15) is 0 Å². The van der Waals surface area contributed by atoms with Crippen molar-refractivity contribution >= 4 is 12.1 Å². The molecule has 1 heterocycles. The lowest BCUT2D eigenvalue weighted by Crippen LogP contribution is -2.45. The van der Waals surface area contributed by atoms with Gasteiger partial charge in [-0.1, -0.05) is 29.8 Å². The fourth-order valence-electron chi connectivity index (χ4n) is 1.92. The van der Waals surface area contributed by atoms with Gasteiger partial charge in [-0.05, 0) is 12.5 Å². The van der Waals surface area contributed by atoms with Crippen LogP contribution >= 0.6 is 0 Å². The molecule has 96 valence electrons. The molecule has 0 bridgehead atoms. The second-order valence-corrected chi connectivity index (χ2v) is 4.30. The van der Waals surface area contributed by atoms with Crippen molar-refractivity contribution in [1.82, 2.24) is 10.6 Å². The predicted molar refractivity (Wildman–Crippen MR) is 69.8 cm³/mol. The van der Waals surface area contributed by atoms with Crippen molar-refractivity contribution in [2.45, 2.75) is 12.8 Å². The minimum absolute atomic E-state index is 0.341. The Balaban J connectivity index is 1.99. The maximum atomic E-state index is 11.0. The first-order valence-corrected chi connectivity index (χ1v) is 5.89. The van der Waals surface area contributed by atoms with E-state index in [0.717, 1.165) is 6.54 Å². The number of methoxy groups -OCH3 is 1. The predicted octanol–water partition coefficient (Wildman–Crippen LogP) is 1.39. The molecule has 1 aliphatic heterocycles. The lowest BCUT2D eigenvalue weighted by molar-refractivity contribution is 0.176. The van der Waals surface area contributed by atoms with E-state index in [1.165, 1.54) is 18.2 Å². The van der Waals surface area contributed by atoms with Crippen LogP contribution in [-0.2, 0) is 4.74 Å². The van der Waals surface area contributed by atoms with E-state index >= 15 is 0 Å². The number of rotatable bonds is 1. The van der Waals surface area contributed by atoms with E-state index in [4.69, 9.17) is 0 Å². The molecule has 0 radical (unpaired) electrons. The molecule has 2 rings (SSSR count). The van der Waals surface area contributed by atoms with Gasteiger partial charge in [0.25, 0.3) is 0 Å². The second kappa shape index (κ2) is 5.53. The van der Waals surface area contributed by atoms with E-state index < -0.39 is 6.09 Å². The third-order valence-corrected chi connectivity index (χ3v) is 2.91. The second-order valence-electron chi connectivity index (χ2n) is 4.30. The van der Waals surface area contributed by atoms with Gasteiger partial charge in [0.05, 0.1) is 13.7 Å². The van der Waals surface area contributed by atoms with Crippen LogP contribution in [0.4, 0.5) is 4.79 Å². The van der Waals surface area contributed by atoms with Gasteiger partial charge in [-0.15, -0.1) is 0 Å². The maximum absolute atomic E-state index is 11.0. The number of nitrogens with zero attached hydrogens (tertiary/aromatic N) is 1. The van der Waals surface area contributed by atoms with Gasteiger partial charge in [0.15, 0.2) is 0 Å². The first kappa shape index (κ1) is 12.4. The highest BCUT2D eigenvalue weighted by Gasteiger charge is 2.18. The zero-order chi connectivity index (χ0) is 13.0. The number of hydrogen-bond acceptors (Lipinski definition) is 4. The molecule has 1 amide bonds. The van der Waals surface area contributed by atoms with E-state index in [1.807, 2.05) is 0 Å². The van der Waals surface area contributed by atoms with Crippen molar-refractivity contribution in [1.29, 1.82) is 0 Å². The molecule has 0 saturated heterocycles. The Bertz CT molecular complexity index is 471. The summed E-state index contributed by atoms with van der Waals surface area (Å²) in [6, 6.07) is 8.40.